The van der Waals surface area contributed by atoms with E-state index in [1.54, 1.807) is 48.0 Å². The summed E-state index contributed by atoms with van der Waals surface area (Å²) < 4.78 is 33.9. The molecule has 0 unspecified atom stereocenters. The molecule has 0 radical (unpaired) electrons. The topological polar surface area (TPSA) is 130 Å². The van der Waals surface area contributed by atoms with Crippen LogP contribution in [-0.2, 0) is 27.9 Å². The number of carbonyl (C=O) groups excluding carboxylic acids is 1. The smallest absolute Gasteiger partial charge is 0.249 e. The summed E-state index contributed by atoms with van der Waals surface area (Å²) in [5.41, 5.74) is 1.39. The number of aryl methyl sites for hydroxylation is 2. The van der Waals surface area contributed by atoms with Crippen LogP contribution in [0.3, 0.4) is 0 Å². The summed E-state index contributed by atoms with van der Waals surface area (Å²) in [4.78, 5) is 12.3. The van der Waals surface area contributed by atoms with Crippen LogP contribution in [-0.4, -0.2) is 24.1 Å². The van der Waals surface area contributed by atoms with Crippen molar-refractivity contribution in [2.24, 2.45) is 0 Å². The third kappa shape index (κ3) is 6.15. The zero-order valence-electron chi connectivity index (χ0n) is 16.8. The summed E-state index contributed by atoms with van der Waals surface area (Å²) in [5.74, 6) is 0.652. The van der Waals surface area contributed by atoms with Crippen LogP contribution in [0.15, 0.2) is 64.1 Å². The van der Waals surface area contributed by atoms with Crippen LogP contribution in [0, 0.1) is 18.3 Å². The number of hydrogen-bond donors (Lipinski definition) is 2. The normalized spacial score (nSPS) is 11.5. The molecule has 1 amide bonds. The lowest BCUT2D eigenvalue weighted by Gasteiger charge is -2.06. The van der Waals surface area contributed by atoms with Crippen LogP contribution < -0.4 is 10.0 Å². The molecule has 10 heteroatoms. The Labute approximate surface area is 180 Å². The van der Waals surface area contributed by atoms with E-state index in [2.05, 4.69) is 15.1 Å². The summed E-state index contributed by atoms with van der Waals surface area (Å²) in [6, 6.07) is 13.3. The van der Waals surface area contributed by atoms with Crippen LogP contribution in [0.5, 0.6) is 0 Å². The molecule has 2 aromatic heterocycles. The van der Waals surface area contributed by atoms with Gasteiger partial charge in [0.25, 0.3) is 0 Å². The molecule has 31 heavy (non-hydrogen) atoms. The number of rotatable bonds is 9. The maximum absolute atomic E-state index is 12.4. The van der Waals surface area contributed by atoms with Crippen LogP contribution in [0.1, 0.15) is 23.4 Å². The van der Waals surface area contributed by atoms with Crippen LogP contribution in [0.25, 0.3) is 6.08 Å². The number of amides is 1. The molecular weight excluding hydrogens is 418 g/mol. The molecule has 0 aliphatic carbocycles. The standard InChI is InChI=1S/C21H21N5O4S/c1-16-14-20(26(25-16)12-3-11-22)24-21(27)10-7-17-5-8-19(9-6-17)31(28,29)23-15-18-4-2-13-30-18/h2,4-10,13-14,23H,3,12,15H2,1H3,(H,24,27)/b10-7+. The van der Waals surface area contributed by atoms with E-state index in [0.29, 0.717) is 23.7 Å². The Kier molecular flexibility index (Phi) is 7.02. The molecule has 0 spiro atoms. The highest BCUT2D eigenvalue weighted by Crippen LogP contribution is 2.14. The molecule has 0 bridgehead atoms. The molecular formula is C21H21N5O4S. The lowest BCUT2D eigenvalue weighted by Crippen LogP contribution is -2.22. The van der Waals surface area contributed by atoms with E-state index in [9.17, 15) is 13.2 Å². The second-order valence-corrected chi connectivity index (χ2v) is 8.36. The number of furan rings is 1. The number of nitrogens with one attached hydrogen (secondary N) is 2. The van der Waals surface area contributed by atoms with Gasteiger partial charge in [0.15, 0.2) is 0 Å². The molecule has 0 fully saturated rings. The molecule has 0 aliphatic heterocycles. The first-order valence-corrected chi connectivity index (χ1v) is 10.9. The number of anilines is 1. The van der Waals surface area contributed by atoms with E-state index < -0.39 is 10.0 Å². The molecule has 9 nitrogen and oxygen atoms in total. The van der Waals surface area contributed by atoms with Gasteiger partial charge < -0.3 is 9.73 Å². The maximum atomic E-state index is 12.4. The monoisotopic (exact) mass is 439 g/mol. The van der Waals surface area contributed by atoms with Crippen molar-refractivity contribution in [2.45, 2.75) is 31.3 Å². The van der Waals surface area contributed by atoms with Crippen molar-refractivity contribution in [3.05, 3.63) is 71.8 Å². The zero-order valence-corrected chi connectivity index (χ0v) is 17.6. The van der Waals surface area contributed by atoms with Gasteiger partial charge in [-0.25, -0.2) is 17.8 Å². The Hall–Kier alpha value is -3.68. The van der Waals surface area contributed by atoms with Gasteiger partial charge in [-0.05, 0) is 42.8 Å². The minimum absolute atomic E-state index is 0.0571. The Balaban J connectivity index is 1.60. The second-order valence-electron chi connectivity index (χ2n) is 6.60. The predicted molar refractivity (Wildman–Crippen MR) is 114 cm³/mol. The van der Waals surface area contributed by atoms with Gasteiger partial charge in [-0.15, -0.1) is 0 Å². The van der Waals surface area contributed by atoms with E-state index in [4.69, 9.17) is 9.68 Å². The summed E-state index contributed by atoms with van der Waals surface area (Å²) in [7, 11) is -3.68. The number of hydrogen-bond acceptors (Lipinski definition) is 6. The highest BCUT2D eigenvalue weighted by atomic mass is 32.2. The maximum Gasteiger partial charge on any atom is 0.249 e. The van der Waals surface area contributed by atoms with Gasteiger partial charge in [0.1, 0.15) is 11.6 Å². The average molecular weight is 439 g/mol. The van der Waals surface area contributed by atoms with Crippen molar-refractivity contribution in [3.8, 4) is 6.07 Å². The second kappa shape index (κ2) is 9.88. The molecule has 2 heterocycles. The predicted octanol–water partition coefficient (Wildman–Crippen LogP) is 2.83. The summed E-state index contributed by atoms with van der Waals surface area (Å²) in [6.45, 7) is 2.24. The fraction of sp³-hybridized carbons (Fsp3) is 0.190. The van der Waals surface area contributed by atoms with E-state index in [-0.39, 0.29) is 23.8 Å². The minimum atomic E-state index is -3.68. The number of nitrogens with zero attached hydrogens (tertiary/aromatic N) is 3. The Morgan fingerprint density at radius 2 is 2.06 bits per heavy atom. The molecule has 0 aliphatic rings. The Morgan fingerprint density at radius 1 is 1.29 bits per heavy atom. The van der Waals surface area contributed by atoms with Gasteiger partial charge in [0, 0.05) is 12.1 Å². The molecule has 160 valence electrons. The number of nitriles is 1. The van der Waals surface area contributed by atoms with E-state index in [0.717, 1.165) is 5.69 Å². The van der Waals surface area contributed by atoms with Gasteiger partial charge in [-0.1, -0.05) is 12.1 Å². The van der Waals surface area contributed by atoms with Crippen molar-refractivity contribution in [1.82, 2.24) is 14.5 Å². The van der Waals surface area contributed by atoms with Gasteiger partial charge in [0.05, 0.1) is 42.4 Å². The minimum Gasteiger partial charge on any atom is -0.468 e. The van der Waals surface area contributed by atoms with Crippen molar-refractivity contribution in [2.75, 3.05) is 5.32 Å². The number of aromatic nitrogens is 2. The molecule has 2 N–H and O–H groups in total. The largest absolute Gasteiger partial charge is 0.468 e. The summed E-state index contributed by atoms with van der Waals surface area (Å²) >= 11 is 0. The lowest BCUT2D eigenvalue weighted by molar-refractivity contribution is -0.111. The number of benzene rings is 1. The van der Waals surface area contributed by atoms with Crippen LogP contribution in [0.4, 0.5) is 5.82 Å². The first-order valence-electron chi connectivity index (χ1n) is 9.40. The van der Waals surface area contributed by atoms with Crippen molar-refractivity contribution in [1.29, 1.82) is 5.26 Å². The highest BCUT2D eigenvalue weighted by Gasteiger charge is 2.14. The van der Waals surface area contributed by atoms with Gasteiger partial charge in [-0.3, -0.25) is 4.79 Å². The Morgan fingerprint density at radius 3 is 2.74 bits per heavy atom. The lowest BCUT2D eigenvalue weighted by atomic mass is 10.2. The molecule has 0 saturated carbocycles. The summed E-state index contributed by atoms with van der Waals surface area (Å²) in [6.07, 6.45) is 4.67. The van der Waals surface area contributed by atoms with Gasteiger partial charge >= 0.3 is 0 Å². The van der Waals surface area contributed by atoms with Crippen molar-refractivity contribution < 1.29 is 17.6 Å². The van der Waals surface area contributed by atoms with E-state index >= 15 is 0 Å². The van der Waals surface area contributed by atoms with E-state index in [1.807, 2.05) is 6.07 Å². The molecule has 3 rings (SSSR count). The zero-order chi connectivity index (χ0) is 22.3. The SMILES string of the molecule is Cc1cc(NC(=O)/C=C/c2ccc(S(=O)(=O)NCc3ccco3)cc2)n(CCC#N)n1. The average Bonchev–Trinajstić information content (AvgIpc) is 3.39. The molecule has 0 atom stereocenters. The van der Waals surface area contributed by atoms with Crippen LogP contribution >= 0.6 is 0 Å². The summed E-state index contributed by atoms with van der Waals surface area (Å²) in [5, 5.41) is 15.7. The molecule has 3 aromatic rings. The molecule has 1 aromatic carbocycles. The third-order valence-electron chi connectivity index (χ3n) is 4.22. The van der Waals surface area contributed by atoms with Crippen molar-refractivity contribution in [3.63, 3.8) is 0 Å². The number of sulfonamides is 1. The van der Waals surface area contributed by atoms with Crippen LogP contribution in [0.2, 0.25) is 0 Å². The van der Waals surface area contributed by atoms with Gasteiger partial charge in [-0.2, -0.15) is 10.4 Å². The highest BCUT2D eigenvalue weighted by molar-refractivity contribution is 7.89. The number of carbonyl (C=O) groups is 1. The van der Waals surface area contributed by atoms with Crippen molar-refractivity contribution >= 4 is 27.8 Å². The molecule has 0 saturated heterocycles. The first-order chi connectivity index (χ1) is 14.9. The Bertz CT molecular complexity index is 1200. The van der Waals surface area contributed by atoms with E-state index in [1.165, 1.54) is 24.5 Å². The first kappa shape index (κ1) is 22.0. The fourth-order valence-corrected chi connectivity index (χ4v) is 3.73. The third-order valence-corrected chi connectivity index (χ3v) is 5.64. The quantitative estimate of drug-likeness (QED) is 0.493. The fourth-order valence-electron chi connectivity index (χ4n) is 2.73. The van der Waals surface area contributed by atoms with Gasteiger partial charge in [0.2, 0.25) is 15.9 Å².